The van der Waals surface area contributed by atoms with Gasteiger partial charge >= 0.3 is 5.97 Å². The molecule has 2 aromatic rings. The minimum absolute atomic E-state index is 0.00422. The van der Waals surface area contributed by atoms with Crippen molar-refractivity contribution in [2.75, 3.05) is 6.61 Å². The van der Waals surface area contributed by atoms with Crippen molar-refractivity contribution < 1.29 is 19.2 Å². The van der Waals surface area contributed by atoms with Crippen molar-refractivity contribution in [3.63, 3.8) is 0 Å². The highest BCUT2D eigenvalue weighted by Gasteiger charge is 2.14. The van der Waals surface area contributed by atoms with Gasteiger partial charge in [-0.15, -0.1) is 0 Å². The predicted octanol–water partition coefficient (Wildman–Crippen LogP) is 0.514. The number of H-pyrrole nitrogens is 1. The summed E-state index contributed by atoms with van der Waals surface area (Å²) in [4.78, 5) is 27.1. The fourth-order valence-electron chi connectivity index (χ4n) is 1.48. The third-order valence-electron chi connectivity index (χ3n) is 2.56. The SMILES string of the molecule is NC(=O)COc1ccc(/C(N)=N/OC(=O)c2[nH]ncc2Br)cc1. The first kappa shape index (κ1) is 16.5. The molecule has 0 fully saturated rings. The molecule has 0 aliphatic rings. The molecule has 0 aliphatic carbocycles. The maximum Gasteiger partial charge on any atom is 0.384 e. The van der Waals surface area contributed by atoms with Crippen LogP contribution in [0.4, 0.5) is 0 Å². The molecule has 0 bridgehead atoms. The van der Waals surface area contributed by atoms with Crippen molar-refractivity contribution >= 4 is 33.6 Å². The summed E-state index contributed by atoms with van der Waals surface area (Å²) in [6.07, 6.45) is 1.41. The van der Waals surface area contributed by atoms with Gasteiger partial charge in [-0.2, -0.15) is 5.10 Å². The van der Waals surface area contributed by atoms with Crippen LogP contribution in [-0.4, -0.2) is 34.5 Å². The van der Waals surface area contributed by atoms with Crippen LogP contribution in [0.1, 0.15) is 16.1 Å². The van der Waals surface area contributed by atoms with E-state index in [-0.39, 0.29) is 18.1 Å². The molecular weight excluding hydrogens is 370 g/mol. The molecule has 0 saturated carbocycles. The Morgan fingerprint density at radius 1 is 1.26 bits per heavy atom. The van der Waals surface area contributed by atoms with Crippen molar-refractivity contribution in [1.29, 1.82) is 0 Å². The first-order valence-corrected chi connectivity index (χ1v) is 7.02. The van der Waals surface area contributed by atoms with Gasteiger partial charge in [-0.1, -0.05) is 5.16 Å². The average Bonchev–Trinajstić information content (AvgIpc) is 2.97. The lowest BCUT2D eigenvalue weighted by atomic mass is 10.2. The van der Waals surface area contributed by atoms with Gasteiger partial charge in [-0.25, -0.2) is 4.79 Å². The fourth-order valence-corrected chi connectivity index (χ4v) is 1.83. The molecule has 23 heavy (non-hydrogen) atoms. The molecule has 1 amide bonds. The van der Waals surface area contributed by atoms with Crippen molar-refractivity contribution in [2.45, 2.75) is 0 Å². The van der Waals surface area contributed by atoms with E-state index in [4.69, 9.17) is 21.0 Å². The molecule has 5 N–H and O–H groups in total. The molecule has 120 valence electrons. The van der Waals surface area contributed by atoms with Gasteiger partial charge in [0.1, 0.15) is 5.75 Å². The van der Waals surface area contributed by atoms with Gasteiger partial charge < -0.3 is 21.0 Å². The molecule has 0 radical (unpaired) electrons. The average molecular weight is 382 g/mol. The van der Waals surface area contributed by atoms with Gasteiger partial charge in [0, 0.05) is 5.56 Å². The second kappa shape index (κ2) is 7.40. The van der Waals surface area contributed by atoms with Crippen LogP contribution >= 0.6 is 15.9 Å². The van der Waals surface area contributed by atoms with Gasteiger partial charge in [0.05, 0.1) is 10.7 Å². The number of nitrogens with zero attached hydrogens (tertiary/aromatic N) is 2. The second-order valence-electron chi connectivity index (χ2n) is 4.23. The second-order valence-corrected chi connectivity index (χ2v) is 5.08. The van der Waals surface area contributed by atoms with E-state index in [1.807, 2.05) is 0 Å². The van der Waals surface area contributed by atoms with Gasteiger partial charge in [-0.05, 0) is 40.2 Å². The van der Waals surface area contributed by atoms with E-state index in [1.54, 1.807) is 24.3 Å². The Hall–Kier alpha value is -2.88. The monoisotopic (exact) mass is 381 g/mol. The van der Waals surface area contributed by atoms with E-state index >= 15 is 0 Å². The van der Waals surface area contributed by atoms with Gasteiger partial charge in [-0.3, -0.25) is 9.89 Å². The number of oxime groups is 1. The molecule has 1 heterocycles. The largest absolute Gasteiger partial charge is 0.484 e. The zero-order chi connectivity index (χ0) is 16.8. The molecule has 2 rings (SSSR count). The van der Waals surface area contributed by atoms with Crippen LogP contribution in [0.3, 0.4) is 0 Å². The maximum absolute atomic E-state index is 11.7. The van der Waals surface area contributed by atoms with E-state index < -0.39 is 11.9 Å². The van der Waals surface area contributed by atoms with Crippen LogP contribution < -0.4 is 16.2 Å². The minimum Gasteiger partial charge on any atom is -0.484 e. The number of hydrogen-bond acceptors (Lipinski definition) is 6. The Morgan fingerprint density at radius 2 is 1.96 bits per heavy atom. The molecule has 1 aromatic carbocycles. The number of carbonyl (C=O) groups is 2. The van der Waals surface area contributed by atoms with Crippen LogP contribution in [0.5, 0.6) is 5.75 Å². The third-order valence-corrected chi connectivity index (χ3v) is 3.16. The lowest BCUT2D eigenvalue weighted by Crippen LogP contribution is -2.20. The van der Waals surface area contributed by atoms with E-state index in [0.717, 1.165) is 0 Å². The number of nitrogens with one attached hydrogen (secondary N) is 1. The summed E-state index contributed by atoms with van der Waals surface area (Å²) in [5.41, 5.74) is 11.3. The summed E-state index contributed by atoms with van der Waals surface area (Å²) in [6, 6.07) is 6.34. The highest BCUT2D eigenvalue weighted by atomic mass is 79.9. The van der Waals surface area contributed by atoms with Crippen molar-refractivity contribution in [1.82, 2.24) is 10.2 Å². The normalized spacial score (nSPS) is 11.1. The number of carbonyl (C=O) groups excluding carboxylic acids is 2. The number of halogens is 1. The minimum atomic E-state index is -0.737. The Balaban J connectivity index is 1.99. The van der Waals surface area contributed by atoms with Crippen LogP contribution in [0, 0.1) is 0 Å². The Kier molecular flexibility index (Phi) is 5.31. The van der Waals surface area contributed by atoms with Gasteiger partial charge in [0.25, 0.3) is 5.91 Å². The molecule has 0 atom stereocenters. The predicted molar refractivity (Wildman–Crippen MR) is 83.6 cm³/mol. The summed E-state index contributed by atoms with van der Waals surface area (Å²) in [6.45, 7) is -0.223. The zero-order valence-corrected chi connectivity index (χ0v) is 13.2. The van der Waals surface area contributed by atoms with Crippen molar-refractivity contribution in [3.8, 4) is 5.75 Å². The first-order chi connectivity index (χ1) is 11.0. The summed E-state index contributed by atoms with van der Waals surface area (Å²) >= 11 is 3.13. The first-order valence-electron chi connectivity index (χ1n) is 6.22. The maximum atomic E-state index is 11.7. The number of primary amides is 1. The Bertz CT molecular complexity index is 741. The summed E-state index contributed by atoms with van der Waals surface area (Å²) in [5.74, 6) is -0.875. The number of rotatable bonds is 6. The van der Waals surface area contributed by atoms with Crippen molar-refractivity contribution in [3.05, 3.63) is 46.2 Å². The number of hydrogen-bond donors (Lipinski definition) is 3. The fraction of sp³-hybridized carbons (Fsp3) is 0.0769. The highest BCUT2D eigenvalue weighted by Crippen LogP contribution is 2.14. The van der Waals surface area contributed by atoms with Crippen molar-refractivity contribution in [2.24, 2.45) is 16.6 Å². The molecule has 0 unspecified atom stereocenters. The summed E-state index contributed by atoms with van der Waals surface area (Å²) < 4.78 is 5.56. The molecule has 0 spiro atoms. The summed E-state index contributed by atoms with van der Waals surface area (Å²) in [5, 5.41) is 9.69. The number of aromatic amines is 1. The molecule has 0 saturated heterocycles. The number of benzene rings is 1. The topological polar surface area (TPSA) is 146 Å². The molecule has 9 nitrogen and oxygen atoms in total. The van der Waals surface area contributed by atoms with Crippen LogP contribution in [0.25, 0.3) is 0 Å². The highest BCUT2D eigenvalue weighted by molar-refractivity contribution is 9.10. The van der Waals surface area contributed by atoms with Crippen LogP contribution in [0.2, 0.25) is 0 Å². The van der Waals surface area contributed by atoms with E-state index in [2.05, 4.69) is 31.3 Å². The van der Waals surface area contributed by atoms with Gasteiger partial charge in [0.15, 0.2) is 18.1 Å². The standard InChI is InChI=1S/C13H12BrN5O4/c14-9-5-17-18-11(9)13(21)23-19-12(16)7-1-3-8(4-2-7)22-6-10(15)20/h1-5H,6H2,(H2,15,20)(H2,16,19)(H,17,18). The number of ether oxygens (including phenoxy) is 1. The van der Waals surface area contributed by atoms with Crippen LogP contribution in [0.15, 0.2) is 40.1 Å². The van der Waals surface area contributed by atoms with E-state index in [0.29, 0.717) is 15.8 Å². The summed E-state index contributed by atoms with van der Waals surface area (Å²) in [7, 11) is 0. The molecule has 0 aliphatic heterocycles. The molecule has 1 aromatic heterocycles. The number of amidine groups is 1. The Morgan fingerprint density at radius 3 is 2.52 bits per heavy atom. The van der Waals surface area contributed by atoms with E-state index in [1.165, 1.54) is 6.20 Å². The smallest absolute Gasteiger partial charge is 0.384 e. The lowest BCUT2D eigenvalue weighted by Gasteiger charge is -2.05. The number of amides is 1. The zero-order valence-electron chi connectivity index (χ0n) is 11.7. The number of nitrogens with two attached hydrogens (primary N) is 2. The van der Waals surface area contributed by atoms with E-state index in [9.17, 15) is 9.59 Å². The quantitative estimate of drug-likeness (QED) is 0.287. The van der Waals surface area contributed by atoms with Gasteiger partial charge in [0.2, 0.25) is 0 Å². The molecule has 10 heteroatoms. The third kappa shape index (κ3) is 4.54. The Labute approximate surface area is 138 Å². The van der Waals surface area contributed by atoms with Crippen LogP contribution in [-0.2, 0) is 9.63 Å². The lowest BCUT2D eigenvalue weighted by molar-refractivity contribution is -0.119. The molecular formula is C13H12BrN5O4. The number of aromatic nitrogens is 2.